The van der Waals surface area contributed by atoms with Crippen LogP contribution in [-0.2, 0) is 16.1 Å². The number of alkyl halides is 2. The fourth-order valence-electron chi connectivity index (χ4n) is 3.82. The summed E-state index contributed by atoms with van der Waals surface area (Å²) in [6, 6.07) is 3.75. The van der Waals surface area contributed by atoms with Crippen molar-refractivity contribution in [2.45, 2.75) is 50.7 Å². The maximum atomic E-state index is 13.3. The van der Waals surface area contributed by atoms with Gasteiger partial charge in [-0.3, -0.25) is 4.79 Å². The highest BCUT2D eigenvalue weighted by atomic mass is 32.1. The third-order valence-electron chi connectivity index (χ3n) is 5.72. The van der Waals surface area contributed by atoms with E-state index in [-0.39, 0.29) is 31.3 Å². The lowest BCUT2D eigenvalue weighted by molar-refractivity contribution is -0.117. The molecule has 2 aliphatic carbocycles. The standard InChI is InChI=1S/C22H22F2N4O3S/c1-30-18-15(4-5-16-19(18)32-21(27-16)28-20(29)12-2-3-12)13-9-25-17(26-10-13)11-31-14-6-7-22(23,24)8-14/h4-5,9-10,12,14H,2-3,6-8,11H2,1H3,(H,27,28,29). The number of halogens is 2. The zero-order chi connectivity index (χ0) is 22.3. The molecule has 3 aromatic rings. The molecule has 2 aromatic heterocycles. The Hall–Kier alpha value is -2.72. The van der Waals surface area contributed by atoms with E-state index in [2.05, 4.69) is 20.3 Å². The molecule has 0 spiro atoms. The summed E-state index contributed by atoms with van der Waals surface area (Å²) in [5.74, 6) is -1.46. The number of carbonyl (C=O) groups is 1. The minimum Gasteiger partial charge on any atom is -0.495 e. The van der Waals surface area contributed by atoms with Gasteiger partial charge in [0.05, 0.1) is 23.4 Å². The van der Waals surface area contributed by atoms with E-state index in [0.29, 0.717) is 23.1 Å². The van der Waals surface area contributed by atoms with Crippen LogP contribution >= 0.6 is 11.3 Å². The Kier molecular flexibility index (Phi) is 5.50. The number of nitrogens with zero attached hydrogens (tertiary/aromatic N) is 3. The van der Waals surface area contributed by atoms with Gasteiger partial charge in [-0.2, -0.15) is 0 Å². The predicted molar refractivity (Wildman–Crippen MR) is 116 cm³/mol. The number of anilines is 1. The number of amides is 1. The fourth-order valence-corrected chi connectivity index (χ4v) is 4.81. The summed E-state index contributed by atoms with van der Waals surface area (Å²) in [7, 11) is 1.58. The van der Waals surface area contributed by atoms with Crippen LogP contribution < -0.4 is 10.1 Å². The molecule has 1 amide bonds. The smallest absolute Gasteiger partial charge is 0.250 e. The number of benzene rings is 1. The van der Waals surface area contributed by atoms with E-state index < -0.39 is 12.0 Å². The molecule has 0 aliphatic heterocycles. The molecule has 1 unspecified atom stereocenters. The predicted octanol–water partition coefficient (Wildman–Crippen LogP) is 4.81. The van der Waals surface area contributed by atoms with E-state index >= 15 is 0 Å². The summed E-state index contributed by atoms with van der Waals surface area (Å²) in [5, 5.41) is 3.43. The Bertz CT molecular complexity index is 1150. The summed E-state index contributed by atoms with van der Waals surface area (Å²) in [5.41, 5.74) is 2.28. The summed E-state index contributed by atoms with van der Waals surface area (Å²) in [6.45, 7) is 0.0933. The topological polar surface area (TPSA) is 86.2 Å². The molecule has 0 saturated heterocycles. The van der Waals surface area contributed by atoms with Crippen molar-refractivity contribution < 1.29 is 23.0 Å². The second-order valence-electron chi connectivity index (χ2n) is 8.20. The van der Waals surface area contributed by atoms with Crippen molar-refractivity contribution in [3.63, 3.8) is 0 Å². The first kappa shape index (κ1) is 21.1. The molecule has 0 radical (unpaired) electrons. The maximum absolute atomic E-state index is 13.3. The van der Waals surface area contributed by atoms with Crippen LogP contribution in [0.4, 0.5) is 13.9 Å². The monoisotopic (exact) mass is 460 g/mol. The number of nitrogens with one attached hydrogen (secondary N) is 1. The largest absolute Gasteiger partial charge is 0.495 e. The number of hydrogen-bond acceptors (Lipinski definition) is 7. The van der Waals surface area contributed by atoms with E-state index in [0.717, 1.165) is 34.2 Å². The zero-order valence-corrected chi connectivity index (χ0v) is 18.3. The fraction of sp³-hybridized carbons (Fsp3) is 0.455. The molecule has 32 heavy (non-hydrogen) atoms. The highest BCUT2D eigenvalue weighted by molar-refractivity contribution is 7.22. The van der Waals surface area contributed by atoms with Crippen molar-refractivity contribution in [2.75, 3.05) is 12.4 Å². The van der Waals surface area contributed by atoms with Crippen molar-refractivity contribution in [3.8, 4) is 16.9 Å². The van der Waals surface area contributed by atoms with Crippen molar-refractivity contribution in [3.05, 3.63) is 30.4 Å². The highest BCUT2D eigenvalue weighted by Crippen LogP contribution is 2.41. The molecule has 2 heterocycles. The van der Waals surface area contributed by atoms with Gasteiger partial charge in [0.2, 0.25) is 5.91 Å². The van der Waals surface area contributed by atoms with Crippen LogP contribution in [-0.4, -0.2) is 40.0 Å². The summed E-state index contributed by atoms with van der Waals surface area (Å²) < 4.78 is 38.6. The molecule has 0 bridgehead atoms. The minimum absolute atomic E-state index is 0.00998. The van der Waals surface area contributed by atoms with Gasteiger partial charge in [-0.05, 0) is 31.4 Å². The maximum Gasteiger partial charge on any atom is 0.250 e. The third kappa shape index (κ3) is 4.42. The Morgan fingerprint density at radius 2 is 2.03 bits per heavy atom. The Morgan fingerprint density at radius 1 is 1.25 bits per heavy atom. The first-order chi connectivity index (χ1) is 15.4. The lowest BCUT2D eigenvalue weighted by atomic mass is 10.1. The first-order valence-electron chi connectivity index (χ1n) is 10.5. The average Bonchev–Trinajstić information content (AvgIpc) is 3.47. The van der Waals surface area contributed by atoms with Crippen molar-refractivity contribution in [1.29, 1.82) is 0 Å². The van der Waals surface area contributed by atoms with Gasteiger partial charge in [0.1, 0.15) is 12.4 Å². The summed E-state index contributed by atoms with van der Waals surface area (Å²) >= 11 is 1.37. The van der Waals surface area contributed by atoms with Gasteiger partial charge in [0.15, 0.2) is 11.0 Å². The second kappa shape index (κ2) is 8.32. The molecule has 1 N–H and O–H groups in total. The molecule has 2 aliphatic rings. The second-order valence-corrected chi connectivity index (χ2v) is 9.20. The molecular formula is C22H22F2N4O3S. The number of hydrogen-bond donors (Lipinski definition) is 1. The van der Waals surface area contributed by atoms with Crippen LogP contribution in [0.25, 0.3) is 21.3 Å². The van der Waals surface area contributed by atoms with Crippen LogP contribution in [0.15, 0.2) is 24.5 Å². The van der Waals surface area contributed by atoms with Crippen LogP contribution in [0.2, 0.25) is 0 Å². The number of methoxy groups -OCH3 is 1. The third-order valence-corrected chi connectivity index (χ3v) is 6.70. The molecule has 10 heteroatoms. The Labute approximate surface area is 187 Å². The van der Waals surface area contributed by atoms with Crippen LogP contribution in [0.1, 0.15) is 37.9 Å². The first-order valence-corrected chi connectivity index (χ1v) is 11.3. The van der Waals surface area contributed by atoms with Gasteiger partial charge < -0.3 is 14.8 Å². The van der Waals surface area contributed by atoms with E-state index in [4.69, 9.17) is 9.47 Å². The number of ether oxygens (including phenoxy) is 2. The molecule has 2 fully saturated rings. The SMILES string of the molecule is COc1c(-c2cnc(COC3CCC(F)(F)C3)nc2)ccc2nc(NC(=O)C3CC3)sc12. The highest BCUT2D eigenvalue weighted by Gasteiger charge is 2.40. The average molecular weight is 461 g/mol. The molecule has 1 aromatic carbocycles. The molecule has 2 saturated carbocycles. The summed E-state index contributed by atoms with van der Waals surface area (Å²) in [4.78, 5) is 25.2. The molecule has 5 rings (SSSR count). The van der Waals surface area contributed by atoms with Crippen LogP contribution in [0.3, 0.4) is 0 Å². The quantitative estimate of drug-likeness (QED) is 0.544. The van der Waals surface area contributed by atoms with Gasteiger partial charge in [-0.15, -0.1) is 0 Å². The van der Waals surface area contributed by atoms with Crippen LogP contribution in [0, 0.1) is 5.92 Å². The minimum atomic E-state index is -2.64. The Balaban J connectivity index is 1.32. The molecule has 1 atom stereocenters. The normalized spacial score (nSPS) is 19.9. The number of carbonyl (C=O) groups excluding carboxylic acids is 1. The van der Waals surface area contributed by atoms with E-state index in [1.165, 1.54) is 11.3 Å². The Morgan fingerprint density at radius 3 is 2.69 bits per heavy atom. The molecular weight excluding hydrogens is 438 g/mol. The number of rotatable bonds is 7. The van der Waals surface area contributed by atoms with Gasteiger partial charge >= 0.3 is 0 Å². The van der Waals surface area contributed by atoms with Crippen molar-refractivity contribution in [1.82, 2.24) is 15.0 Å². The van der Waals surface area contributed by atoms with Crippen molar-refractivity contribution >= 4 is 32.6 Å². The summed E-state index contributed by atoms with van der Waals surface area (Å²) in [6.07, 6.45) is 4.68. The number of aromatic nitrogens is 3. The van der Waals surface area contributed by atoms with E-state index in [1.807, 2.05) is 12.1 Å². The van der Waals surface area contributed by atoms with Gasteiger partial charge in [-0.1, -0.05) is 11.3 Å². The lowest BCUT2D eigenvalue weighted by Crippen LogP contribution is -2.15. The van der Waals surface area contributed by atoms with E-state index in [9.17, 15) is 13.6 Å². The van der Waals surface area contributed by atoms with Crippen molar-refractivity contribution in [2.24, 2.45) is 5.92 Å². The van der Waals surface area contributed by atoms with Gasteiger partial charge in [0, 0.05) is 42.3 Å². The van der Waals surface area contributed by atoms with Gasteiger partial charge in [0.25, 0.3) is 5.92 Å². The lowest BCUT2D eigenvalue weighted by Gasteiger charge is -2.12. The molecule has 168 valence electrons. The van der Waals surface area contributed by atoms with Gasteiger partial charge in [-0.25, -0.2) is 23.7 Å². The number of thiazole rings is 1. The molecule has 7 nitrogen and oxygen atoms in total. The zero-order valence-electron chi connectivity index (χ0n) is 17.4. The number of fused-ring (bicyclic) bond motifs is 1. The van der Waals surface area contributed by atoms with Crippen LogP contribution in [0.5, 0.6) is 5.75 Å². The van der Waals surface area contributed by atoms with E-state index in [1.54, 1.807) is 19.5 Å².